The minimum Gasteiger partial charge on any atom is -0.497 e. The lowest BCUT2D eigenvalue weighted by Gasteiger charge is -2.10. The van der Waals surface area contributed by atoms with E-state index >= 15 is 0 Å². The molecule has 0 fully saturated rings. The monoisotopic (exact) mass is 244 g/mol. The molecular weight excluding hydrogens is 231 g/mol. The zero-order valence-electron chi connectivity index (χ0n) is 10.0. The summed E-state index contributed by atoms with van der Waals surface area (Å²) in [6.07, 6.45) is 0.755. The lowest BCUT2D eigenvalue weighted by Crippen LogP contribution is -2.02. The Morgan fingerprint density at radius 2 is 1.94 bits per heavy atom. The average Bonchev–Trinajstić information content (AvgIpc) is 2.82. The summed E-state index contributed by atoms with van der Waals surface area (Å²) in [6.45, 7) is 0. The molecule has 0 spiro atoms. The molecule has 92 valence electrons. The summed E-state index contributed by atoms with van der Waals surface area (Å²) in [6, 6.07) is 12.2. The molecule has 0 N–H and O–H groups in total. The fourth-order valence-corrected chi connectivity index (χ4v) is 2.22. The van der Waals surface area contributed by atoms with Crippen molar-refractivity contribution < 1.29 is 13.9 Å². The number of ether oxygens (including phenoxy) is 2. The first-order valence-electron chi connectivity index (χ1n) is 5.85. The third kappa shape index (κ3) is 1.92. The van der Waals surface area contributed by atoms with Gasteiger partial charge in [-0.3, -0.25) is 0 Å². The largest absolute Gasteiger partial charge is 0.497 e. The number of fused-ring (bicyclic) bond motifs is 1. The van der Waals surface area contributed by atoms with E-state index in [-0.39, 0.29) is 11.9 Å². The van der Waals surface area contributed by atoms with Gasteiger partial charge in [0.05, 0.1) is 7.11 Å². The standard InChI is InChI=1S/C15H13FO2/c1-17-13-6-7-14-11(8-13)9-15(18-14)10-2-4-12(16)5-3-10/h2-8,15H,9H2,1H3. The molecule has 2 aromatic rings. The predicted molar refractivity (Wildman–Crippen MR) is 66.5 cm³/mol. The lowest BCUT2D eigenvalue weighted by molar-refractivity contribution is 0.238. The SMILES string of the molecule is COc1ccc2c(c1)CC(c1ccc(F)cc1)O2. The van der Waals surface area contributed by atoms with Crippen molar-refractivity contribution in [2.24, 2.45) is 0 Å². The number of rotatable bonds is 2. The van der Waals surface area contributed by atoms with Crippen LogP contribution in [0.25, 0.3) is 0 Å². The molecule has 3 heteroatoms. The number of hydrogen-bond acceptors (Lipinski definition) is 2. The molecule has 1 heterocycles. The topological polar surface area (TPSA) is 18.5 Å². The second-order valence-electron chi connectivity index (χ2n) is 4.34. The van der Waals surface area contributed by atoms with E-state index in [2.05, 4.69) is 0 Å². The Labute approximate surface area is 105 Å². The fourth-order valence-electron chi connectivity index (χ4n) is 2.22. The third-order valence-electron chi connectivity index (χ3n) is 3.18. The highest BCUT2D eigenvalue weighted by Gasteiger charge is 2.24. The van der Waals surface area contributed by atoms with E-state index in [9.17, 15) is 4.39 Å². The molecule has 18 heavy (non-hydrogen) atoms. The molecule has 1 aliphatic heterocycles. The summed E-state index contributed by atoms with van der Waals surface area (Å²) in [5.41, 5.74) is 2.12. The van der Waals surface area contributed by atoms with Crippen molar-refractivity contribution >= 4 is 0 Å². The van der Waals surface area contributed by atoms with E-state index in [1.54, 1.807) is 19.2 Å². The molecule has 0 aliphatic carbocycles. The molecule has 2 aromatic carbocycles. The number of halogens is 1. The molecule has 0 bridgehead atoms. The zero-order chi connectivity index (χ0) is 12.5. The second-order valence-corrected chi connectivity index (χ2v) is 4.34. The van der Waals surface area contributed by atoms with Crippen molar-refractivity contribution in [3.05, 3.63) is 59.4 Å². The molecule has 1 atom stereocenters. The molecule has 0 radical (unpaired) electrons. The quantitative estimate of drug-likeness (QED) is 0.804. The van der Waals surface area contributed by atoms with E-state index in [1.165, 1.54) is 12.1 Å². The van der Waals surface area contributed by atoms with Gasteiger partial charge in [0.2, 0.25) is 0 Å². The summed E-state index contributed by atoms with van der Waals surface area (Å²) < 4.78 is 23.9. The van der Waals surface area contributed by atoms with Crippen molar-refractivity contribution in [2.75, 3.05) is 7.11 Å². The number of methoxy groups -OCH3 is 1. The van der Waals surface area contributed by atoms with E-state index in [4.69, 9.17) is 9.47 Å². The Hall–Kier alpha value is -2.03. The first-order valence-corrected chi connectivity index (χ1v) is 5.85. The van der Waals surface area contributed by atoms with Gasteiger partial charge in [-0.1, -0.05) is 12.1 Å². The van der Waals surface area contributed by atoms with Crippen LogP contribution in [0.4, 0.5) is 4.39 Å². The maximum Gasteiger partial charge on any atom is 0.128 e. The Balaban J connectivity index is 1.86. The van der Waals surface area contributed by atoms with Crippen molar-refractivity contribution in [3.63, 3.8) is 0 Å². The number of benzene rings is 2. The van der Waals surface area contributed by atoms with Gasteiger partial charge in [-0.2, -0.15) is 0 Å². The van der Waals surface area contributed by atoms with Crippen LogP contribution in [0.2, 0.25) is 0 Å². The molecular formula is C15H13FO2. The normalized spacial score (nSPS) is 17.1. The fraction of sp³-hybridized carbons (Fsp3) is 0.200. The molecule has 0 aromatic heterocycles. The van der Waals surface area contributed by atoms with Crippen LogP contribution in [0.5, 0.6) is 11.5 Å². The van der Waals surface area contributed by atoms with E-state index in [0.717, 1.165) is 29.0 Å². The van der Waals surface area contributed by atoms with Crippen molar-refractivity contribution in [1.29, 1.82) is 0 Å². The van der Waals surface area contributed by atoms with Gasteiger partial charge in [0.25, 0.3) is 0 Å². The highest BCUT2D eigenvalue weighted by molar-refractivity contribution is 5.44. The van der Waals surface area contributed by atoms with Crippen LogP contribution < -0.4 is 9.47 Å². The van der Waals surface area contributed by atoms with Gasteiger partial charge in [0, 0.05) is 12.0 Å². The van der Waals surface area contributed by atoms with Crippen LogP contribution in [0.3, 0.4) is 0 Å². The van der Waals surface area contributed by atoms with Gasteiger partial charge >= 0.3 is 0 Å². The first kappa shape index (κ1) is 11.1. The Morgan fingerprint density at radius 1 is 1.17 bits per heavy atom. The minimum absolute atomic E-state index is 0.0345. The summed E-state index contributed by atoms with van der Waals surface area (Å²) in [5, 5.41) is 0. The minimum atomic E-state index is -0.226. The predicted octanol–water partition coefficient (Wildman–Crippen LogP) is 3.51. The summed E-state index contributed by atoms with van der Waals surface area (Å²) in [5.74, 6) is 1.48. The highest BCUT2D eigenvalue weighted by Crippen LogP contribution is 2.38. The van der Waals surface area contributed by atoms with Crippen molar-refractivity contribution in [3.8, 4) is 11.5 Å². The number of hydrogen-bond donors (Lipinski definition) is 0. The third-order valence-corrected chi connectivity index (χ3v) is 3.18. The Bertz CT molecular complexity index is 563. The molecule has 2 nitrogen and oxygen atoms in total. The van der Waals surface area contributed by atoms with E-state index < -0.39 is 0 Å². The zero-order valence-corrected chi connectivity index (χ0v) is 10.0. The summed E-state index contributed by atoms with van der Waals surface area (Å²) >= 11 is 0. The van der Waals surface area contributed by atoms with Gasteiger partial charge in [-0.05, 0) is 35.9 Å². The van der Waals surface area contributed by atoms with E-state index in [1.807, 2.05) is 18.2 Å². The highest BCUT2D eigenvalue weighted by atomic mass is 19.1. The molecule has 0 saturated heterocycles. The van der Waals surface area contributed by atoms with Gasteiger partial charge in [-0.25, -0.2) is 4.39 Å². The maximum absolute atomic E-state index is 12.9. The van der Waals surface area contributed by atoms with Crippen LogP contribution in [-0.2, 0) is 6.42 Å². The van der Waals surface area contributed by atoms with Crippen LogP contribution >= 0.6 is 0 Å². The van der Waals surface area contributed by atoms with Crippen LogP contribution in [0, 0.1) is 5.82 Å². The second kappa shape index (κ2) is 4.33. The van der Waals surface area contributed by atoms with Crippen LogP contribution in [0.15, 0.2) is 42.5 Å². The van der Waals surface area contributed by atoms with Gasteiger partial charge < -0.3 is 9.47 Å². The molecule has 1 unspecified atom stereocenters. The molecule has 0 amide bonds. The Kier molecular flexibility index (Phi) is 2.67. The lowest BCUT2D eigenvalue weighted by atomic mass is 10.0. The molecule has 1 aliphatic rings. The van der Waals surface area contributed by atoms with Gasteiger partial charge in [0.15, 0.2) is 0 Å². The maximum atomic E-state index is 12.9. The average molecular weight is 244 g/mol. The molecule has 3 rings (SSSR count). The summed E-state index contributed by atoms with van der Waals surface area (Å²) in [7, 11) is 1.65. The van der Waals surface area contributed by atoms with Crippen molar-refractivity contribution in [1.82, 2.24) is 0 Å². The van der Waals surface area contributed by atoms with Gasteiger partial charge in [0.1, 0.15) is 23.4 Å². The molecule has 0 saturated carbocycles. The first-order chi connectivity index (χ1) is 8.76. The van der Waals surface area contributed by atoms with Crippen LogP contribution in [0.1, 0.15) is 17.2 Å². The smallest absolute Gasteiger partial charge is 0.128 e. The van der Waals surface area contributed by atoms with Crippen molar-refractivity contribution in [2.45, 2.75) is 12.5 Å². The Morgan fingerprint density at radius 3 is 2.67 bits per heavy atom. The van der Waals surface area contributed by atoms with Gasteiger partial charge in [-0.15, -0.1) is 0 Å². The van der Waals surface area contributed by atoms with Crippen LogP contribution in [-0.4, -0.2) is 7.11 Å². The van der Waals surface area contributed by atoms with E-state index in [0.29, 0.717) is 0 Å². The summed E-state index contributed by atoms with van der Waals surface area (Å²) in [4.78, 5) is 0.